The molecule has 1 saturated heterocycles. The van der Waals surface area contributed by atoms with Crippen LogP contribution in [-0.4, -0.2) is 42.2 Å². The minimum absolute atomic E-state index is 0.0125. The fourth-order valence-corrected chi connectivity index (χ4v) is 5.60. The van der Waals surface area contributed by atoms with Crippen molar-refractivity contribution in [3.8, 4) is 0 Å². The van der Waals surface area contributed by atoms with Crippen LogP contribution in [0, 0.1) is 0 Å². The fourth-order valence-electron chi connectivity index (χ4n) is 3.80. The first-order chi connectivity index (χ1) is 9.92. The molecule has 5 nitrogen and oxygen atoms in total. The van der Waals surface area contributed by atoms with Gasteiger partial charge in [-0.25, -0.2) is 8.42 Å². The van der Waals surface area contributed by atoms with E-state index >= 15 is 0 Å². The van der Waals surface area contributed by atoms with E-state index in [9.17, 15) is 18.3 Å². The van der Waals surface area contributed by atoms with Crippen molar-refractivity contribution in [2.75, 3.05) is 12.3 Å². The quantitative estimate of drug-likeness (QED) is 0.922. The van der Waals surface area contributed by atoms with E-state index in [-0.39, 0.29) is 11.8 Å². The standard InChI is InChI=1S/C15H19NO4S/c1-2-15(14(17)18)8-5-9-16(15)12-10-21(19,20)13-7-4-3-6-11(12)13/h3-4,6-7,12H,2,5,8-10H2,1H3,(H,17,18). The number of likely N-dealkylation sites (tertiary alicyclic amines) is 1. The summed E-state index contributed by atoms with van der Waals surface area (Å²) in [5.74, 6) is -0.856. The highest BCUT2D eigenvalue weighted by molar-refractivity contribution is 7.91. The number of aliphatic carboxylic acids is 1. The zero-order valence-electron chi connectivity index (χ0n) is 11.9. The van der Waals surface area contributed by atoms with Gasteiger partial charge in [-0.1, -0.05) is 25.1 Å². The Balaban J connectivity index is 2.08. The van der Waals surface area contributed by atoms with Crippen molar-refractivity contribution in [3.63, 3.8) is 0 Å². The molecule has 21 heavy (non-hydrogen) atoms. The van der Waals surface area contributed by atoms with E-state index in [1.165, 1.54) is 0 Å². The third-order valence-electron chi connectivity index (χ3n) is 4.89. The third kappa shape index (κ3) is 2.00. The molecule has 0 radical (unpaired) electrons. The van der Waals surface area contributed by atoms with Crippen molar-refractivity contribution < 1.29 is 18.3 Å². The van der Waals surface area contributed by atoms with Crippen LogP contribution in [0.1, 0.15) is 37.8 Å². The second-order valence-corrected chi connectivity index (χ2v) is 7.82. The van der Waals surface area contributed by atoms with Gasteiger partial charge in [-0.15, -0.1) is 0 Å². The maximum Gasteiger partial charge on any atom is 0.324 e. The first-order valence-electron chi connectivity index (χ1n) is 7.24. The van der Waals surface area contributed by atoms with E-state index in [0.717, 1.165) is 12.0 Å². The van der Waals surface area contributed by atoms with Crippen LogP contribution in [0.4, 0.5) is 0 Å². The molecule has 0 bridgehead atoms. The van der Waals surface area contributed by atoms with Crippen molar-refractivity contribution in [3.05, 3.63) is 29.8 Å². The number of sulfone groups is 1. The molecule has 2 heterocycles. The molecule has 1 aromatic carbocycles. The lowest BCUT2D eigenvalue weighted by molar-refractivity contribution is -0.151. The van der Waals surface area contributed by atoms with Crippen molar-refractivity contribution in [1.29, 1.82) is 0 Å². The van der Waals surface area contributed by atoms with Crippen LogP contribution >= 0.6 is 0 Å². The summed E-state index contributed by atoms with van der Waals surface area (Å²) in [7, 11) is -3.31. The van der Waals surface area contributed by atoms with Crippen LogP contribution in [0.5, 0.6) is 0 Å². The highest BCUT2D eigenvalue weighted by Crippen LogP contribution is 2.45. The fraction of sp³-hybridized carbons (Fsp3) is 0.533. The molecule has 6 heteroatoms. The van der Waals surface area contributed by atoms with Gasteiger partial charge in [-0.3, -0.25) is 9.69 Å². The Morgan fingerprint density at radius 2 is 2.14 bits per heavy atom. The van der Waals surface area contributed by atoms with Crippen molar-refractivity contribution in [1.82, 2.24) is 4.90 Å². The predicted molar refractivity (Wildman–Crippen MR) is 77.8 cm³/mol. The molecular formula is C15H19NO4S. The van der Waals surface area contributed by atoms with Crippen molar-refractivity contribution in [2.45, 2.75) is 42.7 Å². The Labute approximate surface area is 124 Å². The molecule has 0 amide bonds. The maximum absolute atomic E-state index is 12.3. The maximum atomic E-state index is 12.3. The highest BCUT2D eigenvalue weighted by atomic mass is 32.2. The van der Waals surface area contributed by atoms with Gasteiger partial charge in [-0.2, -0.15) is 0 Å². The normalized spacial score (nSPS) is 31.2. The van der Waals surface area contributed by atoms with Gasteiger partial charge in [0.15, 0.2) is 9.84 Å². The van der Waals surface area contributed by atoms with Crippen LogP contribution in [-0.2, 0) is 14.6 Å². The summed E-state index contributed by atoms with van der Waals surface area (Å²) in [5.41, 5.74) is -0.184. The van der Waals surface area contributed by atoms with Gasteiger partial charge in [0.25, 0.3) is 0 Å². The lowest BCUT2D eigenvalue weighted by Gasteiger charge is -2.38. The smallest absolute Gasteiger partial charge is 0.324 e. The third-order valence-corrected chi connectivity index (χ3v) is 6.69. The van der Waals surface area contributed by atoms with Crippen LogP contribution < -0.4 is 0 Å². The predicted octanol–water partition coefficient (Wildman–Crippen LogP) is 1.84. The van der Waals surface area contributed by atoms with Crippen molar-refractivity contribution in [2.24, 2.45) is 0 Å². The molecule has 2 aliphatic rings. The molecule has 3 rings (SSSR count). The second-order valence-electron chi connectivity index (χ2n) is 5.82. The Morgan fingerprint density at radius 3 is 2.81 bits per heavy atom. The van der Waals surface area contributed by atoms with Gasteiger partial charge in [0.05, 0.1) is 16.7 Å². The molecule has 0 aromatic heterocycles. The number of carbonyl (C=O) groups is 1. The molecule has 1 N–H and O–H groups in total. The molecular weight excluding hydrogens is 290 g/mol. The molecule has 2 unspecified atom stereocenters. The molecule has 114 valence electrons. The minimum Gasteiger partial charge on any atom is -0.480 e. The Bertz CT molecular complexity index is 685. The van der Waals surface area contributed by atoms with Gasteiger partial charge in [0.1, 0.15) is 5.54 Å². The average Bonchev–Trinajstić information content (AvgIpc) is 2.99. The van der Waals surface area contributed by atoms with Crippen molar-refractivity contribution >= 4 is 15.8 Å². The monoisotopic (exact) mass is 309 g/mol. The first kappa shape index (κ1) is 14.5. The number of rotatable bonds is 3. The summed E-state index contributed by atoms with van der Waals surface area (Å²) in [5, 5.41) is 9.68. The lowest BCUT2D eigenvalue weighted by Crippen LogP contribution is -2.51. The number of carboxylic acid groups (broad SMARTS) is 1. The summed E-state index contributed by atoms with van der Waals surface area (Å²) in [6.45, 7) is 2.50. The zero-order valence-corrected chi connectivity index (χ0v) is 12.8. The molecule has 1 fully saturated rings. The average molecular weight is 309 g/mol. The molecule has 0 saturated carbocycles. The van der Waals surface area contributed by atoms with Gasteiger partial charge in [-0.05, 0) is 37.4 Å². The number of benzene rings is 1. The summed E-state index contributed by atoms with van der Waals surface area (Å²) < 4.78 is 24.6. The highest BCUT2D eigenvalue weighted by Gasteiger charge is 2.52. The van der Waals surface area contributed by atoms with Gasteiger partial charge < -0.3 is 5.11 Å². The largest absolute Gasteiger partial charge is 0.480 e. The number of nitrogens with zero attached hydrogens (tertiary/aromatic N) is 1. The summed E-state index contributed by atoms with van der Waals surface area (Å²) >= 11 is 0. The van der Waals surface area contributed by atoms with Crippen LogP contribution in [0.3, 0.4) is 0 Å². The molecule has 2 atom stereocenters. The molecule has 0 aliphatic carbocycles. The molecule has 1 aromatic rings. The second kappa shape index (κ2) is 4.81. The van der Waals surface area contributed by atoms with E-state index in [0.29, 0.717) is 24.3 Å². The van der Waals surface area contributed by atoms with E-state index in [4.69, 9.17) is 0 Å². The lowest BCUT2D eigenvalue weighted by atomic mass is 9.91. The van der Waals surface area contributed by atoms with E-state index in [1.54, 1.807) is 12.1 Å². The van der Waals surface area contributed by atoms with Crippen LogP contribution in [0.15, 0.2) is 29.2 Å². The summed E-state index contributed by atoms with van der Waals surface area (Å²) in [4.78, 5) is 14.1. The van der Waals surface area contributed by atoms with Gasteiger partial charge >= 0.3 is 5.97 Å². The van der Waals surface area contributed by atoms with Gasteiger partial charge in [0.2, 0.25) is 0 Å². The van der Waals surface area contributed by atoms with Crippen LogP contribution in [0.2, 0.25) is 0 Å². The zero-order chi connectivity index (χ0) is 15.3. The Hall–Kier alpha value is -1.40. The van der Waals surface area contributed by atoms with Crippen LogP contribution in [0.25, 0.3) is 0 Å². The first-order valence-corrected chi connectivity index (χ1v) is 8.89. The summed E-state index contributed by atoms with van der Waals surface area (Å²) in [6.07, 6.45) is 1.86. The summed E-state index contributed by atoms with van der Waals surface area (Å²) in [6, 6.07) is 6.62. The number of hydrogen-bond acceptors (Lipinski definition) is 4. The van der Waals surface area contributed by atoms with Gasteiger partial charge in [0, 0.05) is 0 Å². The number of hydrogen-bond donors (Lipinski definition) is 1. The molecule has 2 aliphatic heterocycles. The SMILES string of the molecule is CCC1(C(=O)O)CCCN1C1CS(=O)(=O)c2ccccc21. The minimum atomic E-state index is -3.31. The molecule has 0 spiro atoms. The number of carboxylic acids is 1. The Morgan fingerprint density at radius 1 is 1.43 bits per heavy atom. The Kier molecular flexibility index (Phi) is 3.33. The van der Waals surface area contributed by atoms with E-state index in [2.05, 4.69) is 0 Å². The number of fused-ring (bicyclic) bond motifs is 1. The van der Waals surface area contributed by atoms with E-state index in [1.807, 2.05) is 24.0 Å². The van der Waals surface area contributed by atoms with E-state index < -0.39 is 21.3 Å². The topological polar surface area (TPSA) is 74.7 Å².